The molecule has 0 fully saturated rings. The minimum Gasteiger partial charge on any atom is -0.481 e. The summed E-state index contributed by atoms with van der Waals surface area (Å²) >= 11 is 0. The molecule has 0 spiro atoms. The lowest BCUT2D eigenvalue weighted by atomic mass is 10.2. The van der Waals surface area contributed by atoms with Crippen molar-refractivity contribution < 1.29 is 18.7 Å². The highest BCUT2D eigenvalue weighted by molar-refractivity contribution is 5.95. The van der Waals surface area contributed by atoms with E-state index in [2.05, 4.69) is 5.32 Å². The first kappa shape index (κ1) is 20.1. The molecular weight excluding hydrogens is 372 g/mol. The van der Waals surface area contributed by atoms with Gasteiger partial charge in [0, 0.05) is 30.3 Å². The van der Waals surface area contributed by atoms with Crippen LogP contribution in [-0.2, 0) is 9.59 Å². The van der Waals surface area contributed by atoms with Crippen molar-refractivity contribution in [3.05, 3.63) is 70.6 Å². The zero-order valence-corrected chi connectivity index (χ0v) is 16.5. The average Bonchev–Trinajstić information content (AvgIpc) is 2.68. The van der Waals surface area contributed by atoms with Gasteiger partial charge in [-0.1, -0.05) is 17.7 Å². The molecule has 0 saturated heterocycles. The molecule has 0 aliphatic carbocycles. The number of fused-ring (bicyclic) bond motifs is 1. The van der Waals surface area contributed by atoms with Crippen LogP contribution >= 0.6 is 0 Å². The minimum absolute atomic E-state index is 0.104. The van der Waals surface area contributed by atoms with E-state index in [9.17, 15) is 14.4 Å². The molecule has 2 aromatic carbocycles. The minimum atomic E-state index is -0.819. The molecule has 0 unspecified atom stereocenters. The lowest BCUT2D eigenvalue weighted by Gasteiger charge is -2.22. The van der Waals surface area contributed by atoms with Crippen LogP contribution in [0.15, 0.2) is 63.8 Å². The Morgan fingerprint density at radius 2 is 1.79 bits per heavy atom. The topological polar surface area (TPSA) is 88.9 Å². The fraction of sp³-hybridized carbons (Fsp3) is 0.227. The summed E-state index contributed by atoms with van der Waals surface area (Å²) in [6.07, 6.45) is -0.819. The van der Waals surface area contributed by atoms with Gasteiger partial charge in [-0.25, -0.2) is 4.79 Å². The standard InChI is InChI=1S/C22H22N2O5/c1-14-4-8-17(9-5-14)23-20(25)13-24(3)22(27)15(2)28-18-10-6-16-7-11-21(26)29-19(16)12-18/h4-12,15H,13H2,1-3H3,(H,23,25)/t15-/m1/s1. The van der Waals surface area contributed by atoms with E-state index in [0.717, 1.165) is 10.9 Å². The van der Waals surface area contributed by atoms with Gasteiger partial charge in [-0.2, -0.15) is 0 Å². The molecule has 1 N–H and O–H groups in total. The Balaban J connectivity index is 1.59. The van der Waals surface area contributed by atoms with Crippen molar-refractivity contribution in [2.75, 3.05) is 18.9 Å². The maximum Gasteiger partial charge on any atom is 0.336 e. The summed E-state index contributed by atoms with van der Waals surface area (Å²) in [6.45, 7) is 3.46. The number of nitrogens with zero attached hydrogens (tertiary/aromatic N) is 1. The molecule has 7 heteroatoms. The number of nitrogens with one attached hydrogen (secondary N) is 1. The van der Waals surface area contributed by atoms with Gasteiger partial charge in [0.2, 0.25) is 5.91 Å². The summed E-state index contributed by atoms with van der Waals surface area (Å²) in [4.78, 5) is 37.4. The van der Waals surface area contributed by atoms with Crippen LogP contribution < -0.4 is 15.7 Å². The molecule has 7 nitrogen and oxygen atoms in total. The molecule has 150 valence electrons. The molecule has 1 atom stereocenters. The fourth-order valence-electron chi connectivity index (χ4n) is 2.81. The van der Waals surface area contributed by atoms with E-state index in [0.29, 0.717) is 17.0 Å². The van der Waals surface area contributed by atoms with Gasteiger partial charge >= 0.3 is 5.63 Å². The van der Waals surface area contributed by atoms with E-state index in [-0.39, 0.29) is 18.4 Å². The summed E-state index contributed by atoms with van der Waals surface area (Å²) in [5, 5.41) is 3.50. The number of anilines is 1. The highest BCUT2D eigenvalue weighted by atomic mass is 16.5. The normalized spacial score (nSPS) is 11.7. The number of likely N-dealkylation sites (N-methyl/N-ethyl adjacent to an activating group) is 1. The van der Waals surface area contributed by atoms with Crippen LogP contribution in [0, 0.1) is 6.92 Å². The number of amides is 2. The zero-order valence-electron chi connectivity index (χ0n) is 16.5. The fourth-order valence-corrected chi connectivity index (χ4v) is 2.81. The van der Waals surface area contributed by atoms with Crippen LogP contribution in [0.2, 0.25) is 0 Å². The molecule has 2 amide bonds. The predicted octanol–water partition coefficient (Wildman–Crippen LogP) is 2.97. The van der Waals surface area contributed by atoms with Crippen molar-refractivity contribution in [3.8, 4) is 5.75 Å². The highest BCUT2D eigenvalue weighted by Crippen LogP contribution is 2.20. The largest absolute Gasteiger partial charge is 0.481 e. The first-order valence-corrected chi connectivity index (χ1v) is 9.14. The van der Waals surface area contributed by atoms with E-state index in [1.807, 2.05) is 19.1 Å². The molecule has 1 heterocycles. The number of ether oxygens (including phenoxy) is 1. The number of rotatable bonds is 6. The summed E-state index contributed by atoms with van der Waals surface area (Å²) in [7, 11) is 1.54. The Morgan fingerprint density at radius 3 is 2.52 bits per heavy atom. The second-order valence-electron chi connectivity index (χ2n) is 6.82. The SMILES string of the molecule is Cc1ccc(NC(=O)CN(C)C(=O)[C@@H](C)Oc2ccc3ccc(=O)oc3c2)cc1. The van der Waals surface area contributed by atoms with Crippen molar-refractivity contribution in [1.29, 1.82) is 0 Å². The van der Waals surface area contributed by atoms with Gasteiger partial charge in [-0.3, -0.25) is 9.59 Å². The number of aryl methyl sites for hydroxylation is 1. The first-order valence-electron chi connectivity index (χ1n) is 9.14. The molecule has 29 heavy (non-hydrogen) atoms. The van der Waals surface area contributed by atoms with Gasteiger partial charge in [0.25, 0.3) is 5.91 Å². The smallest absolute Gasteiger partial charge is 0.336 e. The Kier molecular flexibility index (Phi) is 5.97. The Morgan fingerprint density at radius 1 is 1.10 bits per heavy atom. The quantitative estimate of drug-likeness (QED) is 0.650. The highest BCUT2D eigenvalue weighted by Gasteiger charge is 2.21. The summed E-state index contributed by atoms with van der Waals surface area (Å²) in [5.74, 6) is -0.256. The van der Waals surface area contributed by atoms with Crippen LogP contribution in [0.25, 0.3) is 11.0 Å². The van der Waals surface area contributed by atoms with Gasteiger partial charge in [0.15, 0.2) is 6.10 Å². The number of hydrogen-bond donors (Lipinski definition) is 1. The van der Waals surface area contributed by atoms with Crippen LogP contribution in [0.5, 0.6) is 5.75 Å². The number of hydrogen-bond acceptors (Lipinski definition) is 5. The third kappa shape index (κ3) is 5.22. The van der Waals surface area contributed by atoms with E-state index >= 15 is 0 Å². The van der Waals surface area contributed by atoms with Gasteiger partial charge in [-0.05, 0) is 44.2 Å². The second kappa shape index (κ2) is 8.60. The number of carbonyl (C=O) groups is 2. The monoisotopic (exact) mass is 394 g/mol. The van der Waals surface area contributed by atoms with Crippen molar-refractivity contribution in [3.63, 3.8) is 0 Å². The molecule has 0 aliphatic rings. The summed E-state index contributed by atoms with van der Waals surface area (Å²) in [5.41, 5.74) is 1.68. The van der Waals surface area contributed by atoms with Crippen molar-refractivity contribution in [2.45, 2.75) is 20.0 Å². The maximum atomic E-state index is 12.5. The van der Waals surface area contributed by atoms with Crippen LogP contribution in [0.3, 0.4) is 0 Å². The molecular formula is C22H22N2O5. The van der Waals surface area contributed by atoms with Crippen molar-refractivity contribution >= 4 is 28.5 Å². The third-order valence-electron chi connectivity index (χ3n) is 4.35. The van der Waals surface area contributed by atoms with E-state index in [1.54, 1.807) is 43.3 Å². The molecule has 1 aromatic heterocycles. The molecule has 0 aliphatic heterocycles. The molecule has 3 aromatic rings. The Bertz CT molecular complexity index is 1090. The van der Waals surface area contributed by atoms with Crippen LogP contribution in [0.1, 0.15) is 12.5 Å². The maximum absolute atomic E-state index is 12.5. The van der Waals surface area contributed by atoms with E-state index in [1.165, 1.54) is 18.0 Å². The average molecular weight is 394 g/mol. The Labute approximate surface area is 167 Å². The van der Waals surface area contributed by atoms with Gasteiger partial charge in [0.1, 0.15) is 11.3 Å². The lowest BCUT2D eigenvalue weighted by Crippen LogP contribution is -2.41. The number of carbonyl (C=O) groups excluding carboxylic acids is 2. The first-order chi connectivity index (χ1) is 13.8. The lowest BCUT2D eigenvalue weighted by molar-refractivity contribution is -0.139. The second-order valence-corrected chi connectivity index (χ2v) is 6.82. The zero-order chi connectivity index (χ0) is 21.0. The van der Waals surface area contributed by atoms with Crippen LogP contribution in [0.4, 0.5) is 5.69 Å². The van der Waals surface area contributed by atoms with Gasteiger partial charge in [-0.15, -0.1) is 0 Å². The summed E-state index contributed by atoms with van der Waals surface area (Å²) < 4.78 is 10.8. The van der Waals surface area contributed by atoms with E-state index < -0.39 is 11.7 Å². The number of benzene rings is 2. The Hall–Kier alpha value is -3.61. The molecule has 3 rings (SSSR count). The third-order valence-corrected chi connectivity index (χ3v) is 4.35. The molecule has 0 radical (unpaired) electrons. The van der Waals surface area contributed by atoms with Crippen molar-refractivity contribution in [2.24, 2.45) is 0 Å². The van der Waals surface area contributed by atoms with Crippen LogP contribution in [-0.4, -0.2) is 36.4 Å². The summed E-state index contributed by atoms with van der Waals surface area (Å²) in [6, 6.07) is 15.4. The molecule has 0 bridgehead atoms. The van der Waals surface area contributed by atoms with Crippen molar-refractivity contribution in [1.82, 2.24) is 4.90 Å². The van der Waals surface area contributed by atoms with Gasteiger partial charge < -0.3 is 19.4 Å². The van der Waals surface area contributed by atoms with Gasteiger partial charge in [0.05, 0.1) is 6.54 Å². The molecule has 0 saturated carbocycles. The predicted molar refractivity (Wildman–Crippen MR) is 110 cm³/mol. The van der Waals surface area contributed by atoms with E-state index in [4.69, 9.17) is 9.15 Å².